The minimum atomic E-state index is -0.832. The Balaban J connectivity index is 2.08. The molecule has 0 saturated carbocycles. The van der Waals surface area contributed by atoms with Gasteiger partial charge in [-0.25, -0.2) is 4.85 Å². The molecule has 3 rings (SSSR count). The first-order chi connectivity index (χ1) is 9.35. The van der Waals surface area contributed by atoms with Gasteiger partial charge >= 0.3 is 0 Å². The van der Waals surface area contributed by atoms with E-state index >= 15 is 0 Å². The smallest absolute Gasteiger partial charge is 0.222 e. The number of benzene rings is 2. The summed E-state index contributed by atoms with van der Waals surface area (Å²) in [6.07, 6.45) is 0. The topological polar surface area (TPSA) is 22.8 Å². The minimum Gasteiger partial charge on any atom is -0.340 e. The quantitative estimate of drug-likeness (QED) is 0.762. The van der Waals surface area contributed by atoms with E-state index in [2.05, 4.69) is 4.85 Å². The molecule has 1 saturated heterocycles. The summed E-state index contributed by atoms with van der Waals surface area (Å²) < 4.78 is 11.8. The second kappa shape index (κ2) is 4.85. The Labute approximate surface area is 112 Å². The van der Waals surface area contributed by atoms with E-state index in [0.29, 0.717) is 18.9 Å². The standard InChI is InChI=1S/C16H13NO2/c1-17-15-9-7-14(8-10-15)16(18-11-12-19-16)13-5-3-2-4-6-13/h2-10H,11-12H2. The molecule has 1 fully saturated rings. The van der Waals surface area contributed by atoms with Crippen LogP contribution in [0.5, 0.6) is 0 Å². The fourth-order valence-corrected chi connectivity index (χ4v) is 2.33. The lowest BCUT2D eigenvalue weighted by molar-refractivity contribution is -0.129. The van der Waals surface area contributed by atoms with Gasteiger partial charge in [-0.15, -0.1) is 0 Å². The van der Waals surface area contributed by atoms with E-state index in [1.807, 2.05) is 42.5 Å². The minimum absolute atomic E-state index is 0.569. The van der Waals surface area contributed by atoms with E-state index in [0.717, 1.165) is 11.1 Å². The maximum Gasteiger partial charge on any atom is 0.222 e. The van der Waals surface area contributed by atoms with Crippen LogP contribution in [0.4, 0.5) is 5.69 Å². The van der Waals surface area contributed by atoms with Crippen LogP contribution in [0.2, 0.25) is 0 Å². The molecule has 3 nitrogen and oxygen atoms in total. The first-order valence-corrected chi connectivity index (χ1v) is 6.16. The van der Waals surface area contributed by atoms with Crippen LogP contribution in [0.15, 0.2) is 54.6 Å². The summed E-state index contributed by atoms with van der Waals surface area (Å²) in [5.74, 6) is -0.832. The van der Waals surface area contributed by atoms with Gasteiger partial charge in [0.05, 0.1) is 19.8 Å². The zero-order chi connectivity index (χ0) is 13.1. The molecule has 94 valence electrons. The molecule has 1 aliphatic rings. The number of hydrogen-bond acceptors (Lipinski definition) is 2. The van der Waals surface area contributed by atoms with Gasteiger partial charge in [0.2, 0.25) is 5.79 Å². The maximum atomic E-state index is 7.00. The third-order valence-corrected chi connectivity index (χ3v) is 3.22. The summed E-state index contributed by atoms with van der Waals surface area (Å²) in [7, 11) is 0. The van der Waals surface area contributed by atoms with Crippen LogP contribution in [0, 0.1) is 6.57 Å². The van der Waals surface area contributed by atoms with Gasteiger partial charge in [-0.3, -0.25) is 0 Å². The molecule has 0 amide bonds. The maximum absolute atomic E-state index is 7.00. The molecule has 0 spiro atoms. The van der Waals surface area contributed by atoms with Crippen molar-refractivity contribution in [2.24, 2.45) is 0 Å². The van der Waals surface area contributed by atoms with Crippen LogP contribution in [-0.4, -0.2) is 13.2 Å². The van der Waals surface area contributed by atoms with Gasteiger partial charge in [-0.1, -0.05) is 54.6 Å². The molecule has 0 N–H and O–H groups in total. The highest BCUT2D eigenvalue weighted by Crippen LogP contribution is 2.38. The van der Waals surface area contributed by atoms with Crippen molar-refractivity contribution >= 4 is 5.69 Å². The zero-order valence-electron chi connectivity index (χ0n) is 10.4. The second-order valence-corrected chi connectivity index (χ2v) is 4.34. The molecule has 0 atom stereocenters. The van der Waals surface area contributed by atoms with Gasteiger partial charge in [0.15, 0.2) is 5.69 Å². The van der Waals surface area contributed by atoms with E-state index in [1.54, 1.807) is 12.1 Å². The third kappa shape index (κ3) is 2.01. The van der Waals surface area contributed by atoms with Crippen LogP contribution >= 0.6 is 0 Å². The molecule has 2 aromatic carbocycles. The lowest BCUT2D eigenvalue weighted by Gasteiger charge is -2.28. The fourth-order valence-electron chi connectivity index (χ4n) is 2.33. The third-order valence-electron chi connectivity index (χ3n) is 3.22. The number of hydrogen-bond donors (Lipinski definition) is 0. The molecule has 0 bridgehead atoms. The van der Waals surface area contributed by atoms with Crippen molar-refractivity contribution in [3.8, 4) is 0 Å². The van der Waals surface area contributed by atoms with Gasteiger partial charge in [0.25, 0.3) is 0 Å². The van der Waals surface area contributed by atoms with E-state index in [9.17, 15) is 0 Å². The Hall–Kier alpha value is -2.15. The molecule has 0 radical (unpaired) electrons. The molecule has 0 unspecified atom stereocenters. The van der Waals surface area contributed by atoms with Gasteiger partial charge < -0.3 is 9.47 Å². The summed E-state index contributed by atoms with van der Waals surface area (Å²) in [4.78, 5) is 3.40. The predicted octanol–water partition coefficient (Wildman–Crippen LogP) is 3.49. The van der Waals surface area contributed by atoms with Gasteiger partial charge in [0, 0.05) is 11.1 Å². The van der Waals surface area contributed by atoms with Crippen molar-refractivity contribution in [2.75, 3.05) is 13.2 Å². The first kappa shape index (κ1) is 11.9. The van der Waals surface area contributed by atoms with E-state index in [1.165, 1.54) is 0 Å². The predicted molar refractivity (Wildman–Crippen MR) is 71.8 cm³/mol. The lowest BCUT2D eigenvalue weighted by Crippen LogP contribution is -2.28. The van der Waals surface area contributed by atoms with Crippen molar-refractivity contribution in [1.29, 1.82) is 0 Å². The highest BCUT2D eigenvalue weighted by atomic mass is 16.7. The molecule has 19 heavy (non-hydrogen) atoms. The van der Waals surface area contributed by atoms with Crippen LogP contribution in [0.1, 0.15) is 11.1 Å². The highest BCUT2D eigenvalue weighted by Gasteiger charge is 2.40. The van der Waals surface area contributed by atoms with Crippen LogP contribution in [0.3, 0.4) is 0 Å². The lowest BCUT2D eigenvalue weighted by atomic mass is 9.97. The monoisotopic (exact) mass is 251 g/mol. The Morgan fingerprint density at radius 3 is 2.00 bits per heavy atom. The average Bonchev–Trinajstić information content (AvgIpc) is 2.99. The molecule has 0 aliphatic carbocycles. The fraction of sp³-hybridized carbons (Fsp3) is 0.188. The Morgan fingerprint density at radius 1 is 0.842 bits per heavy atom. The van der Waals surface area contributed by atoms with Crippen molar-refractivity contribution in [1.82, 2.24) is 0 Å². The number of nitrogens with zero attached hydrogens (tertiary/aromatic N) is 1. The largest absolute Gasteiger partial charge is 0.340 e. The normalized spacial score (nSPS) is 17.0. The molecule has 0 aromatic heterocycles. The molecular formula is C16H13NO2. The summed E-state index contributed by atoms with van der Waals surface area (Å²) in [6, 6.07) is 17.3. The second-order valence-electron chi connectivity index (χ2n) is 4.34. The van der Waals surface area contributed by atoms with Gasteiger partial charge in [0.1, 0.15) is 0 Å². The number of ether oxygens (including phenoxy) is 2. The first-order valence-electron chi connectivity index (χ1n) is 6.16. The van der Waals surface area contributed by atoms with Crippen molar-refractivity contribution < 1.29 is 9.47 Å². The molecule has 2 aromatic rings. The van der Waals surface area contributed by atoms with Crippen molar-refractivity contribution in [3.63, 3.8) is 0 Å². The van der Waals surface area contributed by atoms with Crippen LogP contribution < -0.4 is 0 Å². The summed E-state index contributed by atoms with van der Waals surface area (Å²) in [5, 5.41) is 0. The van der Waals surface area contributed by atoms with Crippen LogP contribution in [-0.2, 0) is 15.3 Å². The summed E-state index contributed by atoms with van der Waals surface area (Å²) in [5.41, 5.74) is 2.51. The van der Waals surface area contributed by atoms with Gasteiger partial charge in [-0.05, 0) is 0 Å². The van der Waals surface area contributed by atoms with Crippen molar-refractivity contribution in [3.05, 3.63) is 77.1 Å². The molecule has 3 heteroatoms. The molecular weight excluding hydrogens is 238 g/mol. The summed E-state index contributed by atoms with van der Waals surface area (Å²) in [6.45, 7) is 8.14. The Morgan fingerprint density at radius 2 is 1.42 bits per heavy atom. The highest BCUT2D eigenvalue weighted by molar-refractivity contribution is 5.47. The Bertz CT molecular complexity index is 593. The van der Waals surface area contributed by atoms with Crippen LogP contribution in [0.25, 0.3) is 4.85 Å². The SMILES string of the molecule is [C-]#[N+]c1ccc(C2(c3ccccc3)OCCO2)cc1. The van der Waals surface area contributed by atoms with E-state index in [4.69, 9.17) is 16.0 Å². The Kier molecular flexibility index (Phi) is 3.04. The van der Waals surface area contributed by atoms with E-state index < -0.39 is 5.79 Å². The molecule has 1 aliphatic heterocycles. The average molecular weight is 251 g/mol. The molecule has 1 heterocycles. The zero-order valence-corrected chi connectivity index (χ0v) is 10.4. The van der Waals surface area contributed by atoms with E-state index in [-0.39, 0.29) is 0 Å². The number of rotatable bonds is 2. The van der Waals surface area contributed by atoms with Crippen molar-refractivity contribution in [2.45, 2.75) is 5.79 Å². The van der Waals surface area contributed by atoms with Gasteiger partial charge in [-0.2, -0.15) is 0 Å². The summed E-state index contributed by atoms with van der Waals surface area (Å²) >= 11 is 0.